The van der Waals surface area contributed by atoms with E-state index in [2.05, 4.69) is 46.6 Å². The summed E-state index contributed by atoms with van der Waals surface area (Å²) in [6, 6.07) is 0. The highest BCUT2D eigenvalue weighted by atomic mass is 127. The van der Waals surface area contributed by atoms with Crippen LogP contribution in [0.4, 0.5) is 0 Å². The van der Waals surface area contributed by atoms with E-state index < -0.39 is 0 Å². The Labute approximate surface area is 108 Å². The Hall–Kier alpha value is 0.430. The molecule has 1 nitrogen and oxygen atoms in total. The zero-order valence-corrected chi connectivity index (χ0v) is 12.1. The molecule has 1 aliphatic rings. The van der Waals surface area contributed by atoms with E-state index in [0.29, 0.717) is 12.0 Å². The molecule has 0 aromatic heterocycles. The van der Waals surface area contributed by atoms with E-state index in [1.165, 1.54) is 32.1 Å². The summed E-state index contributed by atoms with van der Waals surface area (Å²) in [5.74, 6) is 1.48. The van der Waals surface area contributed by atoms with Crippen molar-refractivity contribution in [3.8, 4) is 0 Å². The Balaban J connectivity index is 2.54. The minimum Gasteiger partial charge on any atom is -0.378 e. The highest BCUT2D eigenvalue weighted by Gasteiger charge is 2.26. The maximum Gasteiger partial charge on any atom is 0.0612 e. The lowest BCUT2D eigenvalue weighted by atomic mass is 9.78. The number of halogens is 1. The van der Waals surface area contributed by atoms with E-state index in [-0.39, 0.29) is 0 Å². The molecule has 0 aromatic carbocycles. The standard InChI is InChI=1S/C13H23IO/c1-3-15-11(2)13(9-10-14)12-7-5-4-6-8-12/h9-13H,3-8H2,1-2H3/t11?,13-/m1/s1. The average molecular weight is 322 g/mol. The lowest BCUT2D eigenvalue weighted by molar-refractivity contribution is 0.0226. The van der Waals surface area contributed by atoms with Gasteiger partial charge in [0.1, 0.15) is 0 Å². The van der Waals surface area contributed by atoms with E-state index in [9.17, 15) is 0 Å². The molecule has 0 saturated heterocycles. The van der Waals surface area contributed by atoms with Crippen LogP contribution in [0.1, 0.15) is 46.0 Å². The molecule has 88 valence electrons. The minimum atomic E-state index is 0.379. The predicted octanol–water partition coefficient (Wildman–Crippen LogP) is 4.56. The summed E-state index contributed by atoms with van der Waals surface area (Å²) in [7, 11) is 0. The number of hydrogen-bond donors (Lipinski definition) is 0. The van der Waals surface area contributed by atoms with Gasteiger partial charge in [0, 0.05) is 12.5 Å². The van der Waals surface area contributed by atoms with Crippen LogP contribution in [0.25, 0.3) is 0 Å². The number of hydrogen-bond acceptors (Lipinski definition) is 1. The Morgan fingerprint density at radius 2 is 2.00 bits per heavy atom. The van der Waals surface area contributed by atoms with Gasteiger partial charge in [-0.2, -0.15) is 0 Å². The molecule has 0 bridgehead atoms. The van der Waals surface area contributed by atoms with Gasteiger partial charge in [-0.1, -0.05) is 47.9 Å². The third-order valence-corrected chi connectivity index (χ3v) is 3.88. The van der Waals surface area contributed by atoms with Gasteiger partial charge >= 0.3 is 0 Å². The van der Waals surface area contributed by atoms with Crippen molar-refractivity contribution in [1.82, 2.24) is 0 Å². The van der Waals surface area contributed by atoms with Gasteiger partial charge in [-0.05, 0) is 36.7 Å². The monoisotopic (exact) mass is 322 g/mol. The molecular weight excluding hydrogens is 299 g/mol. The fraction of sp³-hybridized carbons (Fsp3) is 0.846. The third-order valence-electron chi connectivity index (χ3n) is 3.46. The molecule has 0 amide bonds. The van der Waals surface area contributed by atoms with Crippen molar-refractivity contribution >= 4 is 22.6 Å². The van der Waals surface area contributed by atoms with Crippen LogP contribution in [-0.4, -0.2) is 12.7 Å². The highest BCUT2D eigenvalue weighted by Crippen LogP contribution is 2.33. The van der Waals surface area contributed by atoms with E-state index >= 15 is 0 Å². The van der Waals surface area contributed by atoms with Gasteiger partial charge in [0.25, 0.3) is 0 Å². The summed E-state index contributed by atoms with van der Waals surface area (Å²) in [6.07, 6.45) is 9.76. The fourth-order valence-electron chi connectivity index (χ4n) is 2.67. The minimum absolute atomic E-state index is 0.379. The Morgan fingerprint density at radius 1 is 1.33 bits per heavy atom. The van der Waals surface area contributed by atoms with Crippen molar-refractivity contribution in [1.29, 1.82) is 0 Å². The van der Waals surface area contributed by atoms with Crippen LogP contribution in [0, 0.1) is 11.8 Å². The van der Waals surface area contributed by atoms with Gasteiger partial charge in [-0.15, -0.1) is 0 Å². The molecule has 1 unspecified atom stereocenters. The summed E-state index contributed by atoms with van der Waals surface area (Å²) < 4.78 is 7.91. The molecule has 0 N–H and O–H groups in total. The maximum absolute atomic E-state index is 5.76. The first-order valence-corrected chi connectivity index (χ1v) is 7.42. The van der Waals surface area contributed by atoms with Crippen LogP contribution in [0.3, 0.4) is 0 Å². The molecule has 0 aromatic rings. The molecule has 2 heteroatoms. The second kappa shape index (κ2) is 7.66. The number of ether oxygens (including phenoxy) is 1. The topological polar surface area (TPSA) is 9.23 Å². The van der Waals surface area contributed by atoms with Crippen molar-refractivity contribution < 1.29 is 4.74 Å². The Kier molecular flexibility index (Phi) is 6.89. The Bertz CT molecular complexity index is 185. The molecule has 0 heterocycles. The summed E-state index contributed by atoms with van der Waals surface area (Å²) in [5.41, 5.74) is 0. The summed E-state index contributed by atoms with van der Waals surface area (Å²) in [6.45, 7) is 5.14. The summed E-state index contributed by atoms with van der Waals surface area (Å²) in [4.78, 5) is 0. The van der Waals surface area contributed by atoms with Gasteiger partial charge in [0.05, 0.1) is 6.10 Å². The molecule has 1 aliphatic carbocycles. The fourth-order valence-corrected chi connectivity index (χ4v) is 3.15. The molecule has 15 heavy (non-hydrogen) atoms. The lowest BCUT2D eigenvalue weighted by Crippen LogP contribution is -2.28. The van der Waals surface area contributed by atoms with Gasteiger partial charge < -0.3 is 4.74 Å². The summed E-state index contributed by atoms with van der Waals surface area (Å²) in [5, 5.41) is 0. The lowest BCUT2D eigenvalue weighted by Gasteiger charge is -2.32. The van der Waals surface area contributed by atoms with Gasteiger partial charge in [-0.3, -0.25) is 0 Å². The van der Waals surface area contributed by atoms with Gasteiger partial charge in [-0.25, -0.2) is 0 Å². The van der Waals surface area contributed by atoms with Gasteiger partial charge in [0.2, 0.25) is 0 Å². The van der Waals surface area contributed by atoms with Crippen molar-refractivity contribution in [3.05, 3.63) is 10.2 Å². The molecule has 2 atom stereocenters. The smallest absolute Gasteiger partial charge is 0.0612 e. The van der Waals surface area contributed by atoms with Crippen LogP contribution in [0.15, 0.2) is 10.2 Å². The Morgan fingerprint density at radius 3 is 2.53 bits per heavy atom. The third kappa shape index (κ3) is 4.43. The van der Waals surface area contributed by atoms with Crippen LogP contribution in [0.5, 0.6) is 0 Å². The predicted molar refractivity (Wildman–Crippen MR) is 74.3 cm³/mol. The molecule has 1 rings (SSSR count). The molecule has 0 aliphatic heterocycles. The molecule has 1 fully saturated rings. The van der Waals surface area contributed by atoms with Crippen molar-refractivity contribution in [2.75, 3.05) is 6.61 Å². The van der Waals surface area contributed by atoms with Crippen LogP contribution in [0.2, 0.25) is 0 Å². The van der Waals surface area contributed by atoms with Crippen molar-refractivity contribution in [3.63, 3.8) is 0 Å². The summed E-state index contributed by atoms with van der Waals surface area (Å²) >= 11 is 2.32. The first-order chi connectivity index (χ1) is 7.29. The first-order valence-electron chi connectivity index (χ1n) is 6.18. The van der Waals surface area contributed by atoms with Crippen molar-refractivity contribution in [2.24, 2.45) is 11.8 Å². The van der Waals surface area contributed by atoms with E-state index in [1.54, 1.807) is 0 Å². The van der Waals surface area contributed by atoms with Crippen LogP contribution in [-0.2, 0) is 4.74 Å². The highest BCUT2D eigenvalue weighted by molar-refractivity contribution is 14.1. The quantitative estimate of drug-likeness (QED) is 0.675. The van der Waals surface area contributed by atoms with Crippen LogP contribution < -0.4 is 0 Å². The number of rotatable bonds is 5. The normalized spacial score (nSPS) is 23.1. The second-order valence-corrected chi connectivity index (χ2v) is 5.17. The largest absolute Gasteiger partial charge is 0.378 e. The zero-order chi connectivity index (χ0) is 11.1. The molecule has 1 saturated carbocycles. The van der Waals surface area contributed by atoms with Gasteiger partial charge in [0.15, 0.2) is 0 Å². The second-order valence-electron chi connectivity index (χ2n) is 4.45. The SMILES string of the molecule is CCOC(C)[C@@H](C=CI)C1CCCCC1. The molecule has 0 spiro atoms. The van der Waals surface area contributed by atoms with Crippen molar-refractivity contribution in [2.45, 2.75) is 52.1 Å². The van der Waals surface area contributed by atoms with E-state index in [4.69, 9.17) is 4.74 Å². The van der Waals surface area contributed by atoms with Crippen LogP contribution >= 0.6 is 22.6 Å². The zero-order valence-electron chi connectivity index (χ0n) is 9.92. The maximum atomic E-state index is 5.76. The first kappa shape index (κ1) is 13.5. The van der Waals surface area contributed by atoms with E-state index in [0.717, 1.165) is 12.5 Å². The average Bonchev–Trinajstić information content (AvgIpc) is 2.27. The molecule has 0 radical (unpaired) electrons. The van der Waals surface area contributed by atoms with E-state index in [1.807, 2.05) is 0 Å². The molecular formula is C13H23IO.